The largest absolute Gasteiger partial charge is 0.350 e. The monoisotopic (exact) mass is 373 g/mol. The fourth-order valence-corrected chi connectivity index (χ4v) is 2.91. The first-order valence-electron chi connectivity index (χ1n) is 6.49. The van der Waals surface area contributed by atoms with Crippen LogP contribution in [0.5, 0.6) is 0 Å². The molecular formula is C14H20IN3O. The molecule has 0 bridgehead atoms. The maximum Gasteiger partial charge on any atom is 0.252 e. The molecule has 0 aromatic heterocycles. The van der Waals surface area contributed by atoms with Crippen molar-refractivity contribution >= 4 is 28.5 Å². The molecule has 0 saturated carbocycles. The van der Waals surface area contributed by atoms with Crippen molar-refractivity contribution in [3.63, 3.8) is 0 Å². The standard InChI is InChI=1S/C14H20IN3O/c1-17-7-8-18(2)11(10-17)9-16-14(19)12-5-3-4-6-13(12)15/h3-6,11H,7-10H2,1-2H3,(H,16,19). The van der Waals surface area contributed by atoms with Crippen LogP contribution in [0.4, 0.5) is 0 Å². The third-order valence-electron chi connectivity index (χ3n) is 3.60. The van der Waals surface area contributed by atoms with Gasteiger partial charge in [0.05, 0.1) is 5.56 Å². The number of likely N-dealkylation sites (N-methyl/N-ethyl adjacent to an activating group) is 2. The molecule has 1 saturated heterocycles. The van der Waals surface area contributed by atoms with Crippen LogP contribution in [0.3, 0.4) is 0 Å². The molecule has 19 heavy (non-hydrogen) atoms. The highest BCUT2D eigenvalue weighted by molar-refractivity contribution is 14.1. The van der Waals surface area contributed by atoms with Crippen molar-refractivity contribution in [2.75, 3.05) is 40.3 Å². The number of rotatable bonds is 3. The van der Waals surface area contributed by atoms with Gasteiger partial charge in [0.1, 0.15) is 0 Å². The molecule has 1 aliphatic heterocycles. The molecule has 2 rings (SSSR count). The summed E-state index contributed by atoms with van der Waals surface area (Å²) in [6.45, 7) is 3.85. The van der Waals surface area contributed by atoms with Crippen molar-refractivity contribution in [3.05, 3.63) is 33.4 Å². The second kappa shape index (κ2) is 6.67. The molecular weight excluding hydrogens is 353 g/mol. The maximum absolute atomic E-state index is 12.1. The van der Waals surface area contributed by atoms with Crippen LogP contribution < -0.4 is 5.32 Å². The normalized spacial score (nSPS) is 21.3. The molecule has 1 heterocycles. The van der Waals surface area contributed by atoms with Gasteiger partial charge in [-0.1, -0.05) is 12.1 Å². The Morgan fingerprint density at radius 1 is 1.37 bits per heavy atom. The number of halogens is 1. The number of hydrogen-bond acceptors (Lipinski definition) is 3. The fraction of sp³-hybridized carbons (Fsp3) is 0.500. The Bertz CT molecular complexity index is 452. The number of hydrogen-bond donors (Lipinski definition) is 1. The van der Waals surface area contributed by atoms with Gasteiger partial charge in [-0.2, -0.15) is 0 Å². The Morgan fingerprint density at radius 2 is 2.11 bits per heavy atom. The lowest BCUT2D eigenvalue weighted by atomic mass is 10.1. The number of carbonyl (C=O) groups excluding carboxylic acids is 1. The highest BCUT2D eigenvalue weighted by Crippen LogP contribution is 2.11. The van der Waals surface area contributed by atoms with Gasteiger partial charge in [0.25, 0.3) is 5.91 Å². The van der Waals surface area contributed by atoms with Crippen molar-refractivity contribution in [1.82, 2.24) is 15.1 Å². The Labute approximate surface area is 128 Å². The van der Waals surface area contributed by atoms with Crippen LogP contribution in [-0.2, 0) is 0 Å². The first kappa shape index (κ1) is 14.7. The molecule has 4 nitrogen and oxygen atoms in total. The van der Waals surface area contributed by atoms with Gasteiger partial charge in [0, 0.05) is 35.8 Å². The Balaban J connectivity index is 1.91. The summed E-state index contributed by atoms with van der Waals surface area (Å²) in [6.07, 6.45) is 0. The summed E-state index contributed by atoms with van der Waals surface area (Å²) in [5.41, 5.74) is 0.759. The maximum atomic E-state index is 12.1. The molecule has 1 N–H and O–H groups in total. The van der Waals surface area contributed by atoms with Crippen LogP contribution in [0.25, 0.3) is 0 Å². The SMILES string of the molecule is CN1CCN(C)C(CNC(=O)c2ccccc2I)C1. The Hall–Kier alpha value is -0.660. The number of piperazine rings is 1. The van der Waals surface area contributed by atoms with Crippen LogP contribution in [-0.4, -0.2) is 62.0 Å². The molecule has 5 heteroatoms. The molecule has 1 aromatic carbocycles. The van der Waals surface area contributed by atoms with Gasteiger partial charge in [-0.05, 0) is 48.8 Å². The zero-order valence-electron chi connectivity index (χ0n) is 11.4. The Morgan fingerprint density at radius 3 is 2.84 bits per heavy atom. The molecule has 1 atom stereocenters. The third-order valence-corrected chi connectivity index (χ3v) is 4.54. The Kier molecular flexibility index (Phi) is 5.18. The average molecular weight is 373 g/mol. The van der Waals surface area contributed by atoms with Crippen molar-refractivity contribution in [2.45, 2.75) is 6.04 Å². The first-order valence-corrected chi connectivity index (χ1v) is 7.57. The molecule has 1 aliphatic rings. The van der Waals surface area contributed by atoms with E-state index in [4.69, 9.17) is 0 Å². The lowest BCUT2D eigenvalue weighted by Gasteiger charge is -2.37. The van der Waals surface area contributed by atoms with E-state index in [-0.39, 0.29) is 5.91 Å². The van der Waals surface area contributed by atoms with Gasteiger partial charge in [0.15, 0.2) is 0 Å². The van der Waals surface area contributed by atoms with Gasteiger partial charge in [-0.3, -0.25) is 9.69 Å². The lowest BCUT2D eigenvalue weighted by Crippen LogP contribution is -2.54. The predicted molar refractivity (Wildman–Crippen MR) is 85.4 cm³/mol. The second-order valence-corrected chi connectivity index (χ2v) is 6.25. The van der Waals surface area contributed by atoms with E-state index < -0.39 is 0 Å². The second-order valence-electron chi connectivity index (χ2n) is 5.09. The molecule has 0 aliphatic carbocycles. The zero-order valence-corrected chi connectivity index (χ0v) is 13.6. The van der Waals surface area contributed by atoms with E-state index in [1.54, 1.807) is 0 Å². The number of amides is 1. The summed E-state index contributed by atoms with van der Waals surface area (Å²) in [7, 11) is 4.25. The van der Waals surface area contributed by atoms with E-state index in [1.807, 2.05) is 24.3 Å². The minimum atomic E-state index is 0.0200. The summed E-state index contributed by atoms with van der Waals surface area (Å²) in [5.74, 6) is 0.0200. The highest BCUT2D eigenvalue weighted by atomic mass is 127. The number of nitrogens with zero attached hydrogens (tertiary/aromatic N) is 2. The summed E-state index contributed by atoms with van der Waals surface area (Å²) in [6, 6.07) is 8.06. The van der Waals surface area contributed by atoms with Gasteiger partial charge in [-0.25, -0.2) is 0 Å². The fourth-order valence-electron chi connectivity index (χ4n) is 2.27. The van der Waals surface area contributed by atoms with E-state index >= 15 is 0 Å². The van der Waals surface area contributed by atoms with E-state index in [0.717, 1.165) is 28.8 Å². The molecule has 1 amide bonds. The van der Waals surface area contributed by atoms with Gasteiger partial charge in [0.2, 0.25) is 0 Å². The van der Waals surface area contributed by atoms with E-state index in [0.29, 0.717) is 12.6 Å². The molecule has 1 unspecified atom stereocenters. The lowest BCUT2D eigenvalue weighted by molar-refractivity contribution is 0.0880. The highest BCUT2D eigenvalue weighted by Gasteiger charge is 2.22. The summed E-state index contributed by atoms with van der Waals surface area (Å²) in [5, 5.41) is 3.05. The predicted octanol–water partition coefficient (Wildman–Crippen LogP) is 1.27. The van der Waals surface area contributed by atoms with Crippen LogP contribution in [0, 0.1) is 3.57 Å². The smallest absolute Gasteiger partial charge is 0.252 e. The minimum absolute atomic E-state index is 0.0200. The summed E-state index contributed by atoms with van der Waals surface area (Å²) >= 11 is 2.20. The van der Waals surface area contributed by atoms with Gasteiger partial charge >= 0.3 is 0 Å². The van der Waals surface area contributed by atoms with Crippen LogP contribution in [0.2, 0.25) is 0 Å². The third kappa shape index (κ3) is 3.90. The van der Waals surface area contributed by atoms with Gasteiger partial charge < -0.3 is 10.2 Å². The van der Waals surface area contributed by atoms with Crippen molar-refractivity contribution in [3.8, 4) is 0 Å². The summed E-state index contributed by atoms with van der Waals surface area (Å²) < 4.78 is 0.992. The molecule has 104 valence electrons. The number of benzene rings is 1. The first-order chi connectivity index (χ1) is 9.08. The zero-order chi connectivity index (χ0) is 13.8. The van der Waals surface area contributed by atoms with Crippen LogP contribution in [0.1, 0.15) is 10.4 Å². The van der Waals surface area contributed by atoms with Crippen molar-refractivity contribution in [1.29, 1.82) is 0 Å². The van der Waals surface area contributed by atoms with E-state index in [1.165, 1.54) is 0 Å². The quantitative estimate of drug-likeness (QED) is 0.811. The molecule has 0 radical (unpaired) electrons. The van der Waals surface area contributed by atoms with Crippen LogP contribution >= 0.6 is 22.6 Å². The summed E-state index contributed by atoms with van der Waals surface area (Å²) in [4.78, 5) is 16.8. The number of carbonyl (C=O) groups is 1. The number of nitrogens with one attached hydrogen (secondary N) is 1. The van der Waals surface area contributed by atoms with Crippen LogP contribution in [0.15, 0.2) is 24.3 Å². The minimum Gasteiger partial charge on any atom is -0.350 e. The molecule has 1 aromatic rings. The van der Waals surface area contributed by atoms with Gasteiger partial charge in [-0.15, -0.1) is 0 Å². The van der Waals surface area contributed by atoms with Crippen molar-refractivity contribution < 1.29 is 4.79 Å². The van der Waals surface area contributed by atoms with Crippen molar-refractivity contribution in [2.24, 2.45) is 0 Å². The van der Waals surface area contributed by atoms with E-state index in [2.05, 4.69) is 51.8 Å². The topological polar surface area (TPSA) is 35.6 Å². The van der Waals surface area contributed by atoms with E-state index in [9.17, 15) is 4.79 Å². The molecule has 1 fully saturated rings. The molecule has 0 spiro atoms. The average Bonchev–Trinajstić information content (AvgIpc) is 2.40.